The fourth-order valence-corrected chi connectivity index (χ4v) is 2.13. The molecule has 1 aliphatic carbocycles. The van der Waals surface area contributed by atoms with Crippen LogP contribution in [-0.2, 0) is 0 Å². The third-order valence-electron chi connectivity index (χ3n) is 3.35. The van der Waals surface area contributed by atoms with Gasteiger partial charge in [0.1, 0.15) is 0 Å². The topological polar surface area (TPSA) is 15.3 Å². The Kier molecular flexibility index (Phi) is 3.02. The molecule has 14 heavy (non-hydrogen) atoms. The first kappa shape index (κ1) is 10.3. The van der Waals surface area contributed by atoms with E-state index in [-0.39, 0.29) is 12.5 Å². The molecule has 1 saturated carbocycles. The SMILES string of the molecule is FC(F)(CN1CCNCC1)C1CCC1. The van der Waals surface area contributed by atoms with Gasteiger partial charge < -0.3 is 5.32 Å². The first-order valence-corrected chi connectivity index (χ1v) is 5.49. The third kappa shape index (κ3) is 2.23. The summed E-state index contributed by atoms with van der Waals surface area (Å²) in [5, 5.41) is 3.17. The lowest BCUT2D eigenvalue weighted by molar-refractivity contribution is -0.108. The number of hydrogen-bond donors (Lipinski definition) is 1. The van der Waals surface area contributed by atoms with Gasteiger partial charge in [0.05, 0.1) is 6.54 Å². The predicted octanol–water partition coefficient (Wildman–Crippen LogP) is 1.33. The Hall–Kier alpha value is -0.220. The van der Waals surface area contributed by atoms with Crippen LogP contribution in [0.2, 0.25) is 0 Å². The number of nitrogens with zero attached hydrogens (tertiary/aromatic N) is 1. The third-order valence-corrected chi connectivity index (χ3v) is 3.35. The molecule has 1 N–H and O–H groups in total. The van der Waals surface area contributed by atoms with Gasteiger partial charge in [-0.25, -0.2) is 8.78 Å². The fourth-order valence-electron chi connectivity index (χ4n) is 2.13. The summed E-state index contributed by atoms with van der Waals surface area (Å²) in [7, 11) is 0. The lowest BCUT2D eigenvalue weighted by Crippen LogP contribution is -2.50. The number of nitrogens with one attached hydrogen (secondary N) is 1. The van der Waals surface area contributed by atoms with E-state index in [1.54, 1.807) is 0 Å². The van der Waals surface area contributed by atoms with Crippen molar-refractivity contribution in [3.63, 3.8) is 0 Å². The summed E-state index contributed by atoms with van der Waals surface area (Å²) >= 11 is 0. The van der Waals surface area contributed by atoms with Crippen LogP contribution in [0.5, 0.6) is 0 Å². The van der Waals surface area contributed by atoms with Crippen molar-refractivity contribution < 1.29 is 8.78 Å². The Morgan fingerprint density at radius 2 is 1.86 bits per heavy atom. The highest BCUT2D eigenvalue weighted by atomic mass is 19.3. The molecule has 1 aliphatic heterocycles. The van der Waals surface area contributed by atoms with Crippen LogP contribution in [0.4, 0.5) is 8.78 Å². The fraction of sp³-hybridized carbons (Fsp3) is 1.00. The summed E-state index contributed by atoms with van der Waals surface area (Å²) in [4.78, 5) is 1.88. The molecule has 0 aromatic heterocycles. The molecule has 1 heterocycles. The Morgan fingerprint density at radius 1 is 1.21 bits per heavy atom. The zero-order valence-corrected chi connectivity index (χ0v) is 8.44. The maximum absolute atomic E-state index is 13.6. The normalized spacial score (nSPS) is 26.1. The summed E-state index contributed by atoms with van der Waals surface area (Å²) in [6.07, 6.45) is 2.43. The van der Waals surface area contributed by atoms with Crippen LogP contribution in [0, 0.1) is 5.92 Å². The van der Waals surface area contributed by atoms with Gasteiger partial charge in [-0.2, -0.15) is 0 Å². The number of alkyl halides is 2. The lowest BCUT2D eigenvalue weighted by atomic mass is 9.80. The summed E-state index contributed by atoms with van der Waals surface area (Å²) in [5.41, 5.74) is 0. The summed E-state index contributed by atoms with van der Waals surface area (Å²) in [6.45, 7) is 3.20. The monoisotopic (exact) mass is 204 g/mol. The zero-order valence-electron chi connectivity index (χ0n) is 8.44. The van der Waals surface area contributed by atoms with Crippen LogP contribution in [0.25, 0.3) is 0 Å². The predicted molar refractivity (Wildman–Crippen MR) is 51.6 cm³/mol. The van der Waals surface area contributed by atoms with Crippen molar-refractivity contribution in [2.75, 3.05) is 32.7 Å². The Morgan fingerprint density at radius 3 is 2.36 bits per heavy atom. The molecule has 0 amide bonds. The van der Waals surface area contributed by atoms with Crippen LogP contribution < -0.4 is 5.32 Å². The summed E-state index contributed by atoms with van der Waals surface area (Å²) in [5.74, 6) is -2.78. The highest BCUT2D eigenvalue weighted by Gasteiger charge is 2.43. The zero-order chi connectivity index (χ0) is 10.0. The minimum Gasteiger partial charge on any atom is -0.314 e. The van der Waals surface area contributed by atoms with Gasteiger partial charge >= 0.3 is 0 Å². The van der Waals surface area contributed by atoms with E-state index in [4.69, 9.17) is 0 Å². The summed E-state index contributed by atoms with van der Waals surface area (Å²) in [6, 6.07) is 0. The van der Waals surface area contributed by atoms with Crippen molar-refractivity contribution in [3.05, 3.63) is 0 Å². The van der Waals surface area contributed by atoms with Gasteiger partial charge in [0.15, 0.2) is 0 Å². The van der Waals surface area contributed by atoms with Crippen molar-refractivity contribution in [2.24, 2.45) is 5.92 Å². The standard InChI is InChI=1S/C10H18F2N2/c11-10(12,9-2-1-3-9)8-14-6-4-13-5-7-14/h9,13H,1-8H2. The molecule has 0 radical (unpaired) electrons. The van der Waals surface area contributed by atoms with E-state index < -0.39 is 5.92 Å². The number of piperazine rings is 1. The van der Waals surface area contributed by atoms with Crippen LogP contribution in [0.3, 0.4) is 0 Å². The van der Waals surface area contributed by atoms with Gasteiger partial charge in [0.25, 0.3) is 5.92 Å². The van der Waals surface area contributed by atoms with E-state index in [1.165, 1.54) is 0 Å². The minimum absolute atomic E-state index is 0.0284. The lowest BCUT2D eigenvalue weighted by Gasteiger charge is -2.38. The molecule has 2 aliphatic rings. The average Bonchev–Trinajstić information content (AvgIpc) is 2.00. The van der Waals surface area contributed by atoms with Crippen LogP contribution in [0.1, 0.15) is 19.3 Å². The molecule has 0 aromatic rings. The smallest absolute Gasteiger partial charge is 0.263 e. The van der Waals surface area contributed by atoms with Gasteiger partial charge in [-0.1, -0.05) is 6.42 Å². The van der Waals surface area contributed by atoms with Crippen LogP contribution in [0.15, 0.2) is 0 Å². The van der Waals surface area contributed by atoms with Crippen molar-refractivity contribution in [1.82, 2.24) is 10.2 Å². The first-order valence-electron chi connectivity index (χ1n) is 5.49. The van der Waals surface area contributed by atoms with E-state index in [2.05, 4.69) is 5.32 Å². The molecule has 2 nitrogen and oxygen atoms in total. The molecule has 0 spiro atoms. The Bertz CT molecular complexity index is 187. The molecule has 0 aromatic carbocycles. The van der Waals surface area contributed by atoms with Gasteiger partial charge in [0.2, 0.25) is 0 Å². The number of rotatable bonds is 3. The van der Waals surface area contributed by atoms with E-state index >= 15 is 0 Å². The molecular weight excluding hydrogens is 186 g/mol. The Balaban J connectivity index is 1.81. The molecular formula is C10H18F2N2. The van der Waals surface area contributed by atoms with E-state index in [0.717, 1.165) is 45.4 Å². The highest BCUT2D eigenvalue weighted by molar-refractivity contribution is 4.87. The Labute approximate surface area is 83.7 Å². The molecule has 82 valence electrons. The van der Waals surface area contributed by atoms with E-state index in [1.807, 2.05) is 4.90 Å². The number of halogens is 2. The largest absolute Gasteiger partial charge is 0.314 e. The summed E-state index contributed by atoms with van der Waals surface area (Å²) < 4.78 is 27.2. The van der Waals surface area contributed by atoms with E-state index in [0.29, 0.717) is 0 Å². The van der Waals surface area contributed by atoms with Crippen molar-refractivity contribution in [3.8, 4) is 0 Å². The average molecular weight is 204 g/mol. The maximum atomic E-state index is 13.6. The van der Waals surface area contributed by atoms with Gasteiger partial charge in [-0.05, 0) is 12.8 Å². The number of hydrogen-bond acceptors (Lipinski definition) is 2. The molecule has 0 unspecified atom stereocenters. The van der Waals surface area contributed by atoms with Crippen LogP contribution >= 0.6 is 0 Å². The van der Waals surface area contributed by atoms with E-state index in [9.17, 15) is 8.78 Å². The van der Waals surface area contributed by atoms with Crippen molar-refractivity contribution in [1.29, 1.82) is 0 Å². The minimum atomic E-state index is -2.45. The quantitative estimate of drug-likeness (QED) is 0.746. The second-order valence-electron chi connectivity index (χ2n) is 4.42. The van der Waals surface area contributed by atoms with Crippen molar-refractivity contribution >= 4 is 0 Å². The molecule has 2 rings (SSSR count). The van der Waals surface area contributed by atoms with Gasteiger partial charge in [-0.3, -0.25) is 4.90 Å². The molecule has 4 heteroatoms. The van der Waals surface area contributed by atoms with Crippen LogP contribution in [-0.4, -0.2) is 43.5 Å². The first-order chi connectivity index (χ1) is 6.68. The molecule has 1 saturated heterocycles. The molecule has 0 bridgehead atoms. The maximum Gasteiger partial charge on any atom is 0.263 e. The van der Waals surface area contributed by atoms with Crippen molar-refractivity contribution in [2.45, 2.75) is 25.2 Å². The second kappa shape index (κ2) is 4.11. The molecule has 0 atom stereocenters. The molecule has 2 fully saturated rings. The van der Waals surface area contributed by atoms with Gasteiger partial charge in [0, 0.05) is 32.1 Å². The van der Waals surface area contributed by atoms with Gasteiger partial charge in [-0.15, -0.1) is 0 Å². The highest BCUT2D eigenvalue weighted by Crippen LogP contribution is 2.40. The second-order valence-corrected chi connectivity index (χ2v) is 4.42.